The fraction of sp³-hybridized carbons (Fsp3) is 0.929. The van der Waals surface area contributed by atoms with Crippen molar-refractivity contribution >= 4 is 16.2 Å². The van der Waals surface area contributed by atoms with Gasteiger partial charge in [-0.1, -0.05) is 0 Å². The van der Waals surface area contributed by atoms with Gasteiger partial charge in [0.25, 0.3) is 5.79 Å². The summed E-state index contributed by atoms with van der Waals surface area (Å²) in [5.74, 6) is -2.76. The number of hydrogen-bond donors (Lipinski definition) is 7. The van der Waals surface area contributed by atoms with Gasteiger partial charge in [0.15, 0.2) is 5.78 Å². The third-order valence-electron chi connectivity index (χ3n) is 4.93. The number of carbonyl (C=O) groups is 1. The van der Waals surface area contributed by atoms with E-state index < -0.39 is 70.9 Å². The maximum atomic E-state index is 12.2. The molecule has 1 aliphatic carbocycles. The molecule has 0 spiro atoms. The maximum Gasteiger partial charge on any atom is 0.394 e. The molecule has 3 rings (SSSR count). The second-order valence-electron chi connectivity index (χ2n) is 6.84. The molecule has 2 saturated heterocycles. The Bertz CT molecular complexity index is 673. The van der Waals surface area contributed by atoms with Gasteiger partial charge in [-0.25, -0.2) is 0 Å². The molecule has 18 heteroatoms. The standard InChI is InChI=1S/C14H24N2O7.H2O4S.4H2O/c1-5-4-6(17)14(20)13(21-5)22-12-10(19)7(15-2)9(18)8(16-3)11(12)23-14;1-5(2,3)4;;;;/h5,7-13,15-16,18-20H,4H2,1-3H3;(H2,1,2,3,4);4*1H2/t5-,7-,8+,9+,10+,11-,12-,13+,14+;;;;;/m1...../s1. The smallest absolute Gasteiger partial charge is 0.394 e. The summed E-state index contributed by atoms with van der Waals surface area (Å²) in [6.45, 7) is 1.70. The Labute approximate surface area is 183 Å². The predicted molar refractivity (Wildman–Crippen MR) is 105 cm³/mol. The van der Waals surface area contributed by atoms with E-state index in [-0.39, 0.29) is 28.3 Å². The molecule has 32 heavy (non-hydrogen) atoms. The quantitative estimate of drug-likeness (QED) is 0.173. The number of Topliss-reactive ketones (excluding diaryl/α,β-unsaturated/α-hetero) is 1. The molecule has 15 N–H and O–H groups in total. The minimum Gasteiger partial charge on any atom is -0.412 e. The zero-order valence-electron chi connectivity index (χ0n) is 17.4. The molecule has 0 unspecified atom stereocenters. The second kappa shape index (κ2) is 13.1. The van der Waals surface area contributed by atoms with Gasteiger partial charge in [-0.3, -0.25) is 13.9 Å². The van der Waals surface area contributed by atoms with Gasteiger partial charge in [0, 0.05) is 6.42 Å². The molecule has 3 aliphatic rings. The number of hydrogen-bond acceptors (Lipinski definition) is 11. The van der Waals surface area contributed by atoms with Crippen molar-refractivity contribution in [3.8, 4) is 0 Å². The van der Waals surface area contributed by atoms with Gasteiger partial charge in [0.2, 0.25) is 6.29 Å². The summed E-state index contributed by atoms with van der Waals surface area (Å²) in [7, 11) is -1.43. The molecular weight excluding hydrogens is 468 g/mol. The number of aliphatic hydroxyl groups excluding tert-OH is 2. The molecule has 0 aromatic carbocycles. The summed E-state index contributed by atoms with van der Waals surface area (Å²) >= 11 is 0. The van der Waals surface area contributed by atoms with Gasteiger partial charge >= 0.3 is 10.4 Å². The molecule has 0 bridgehead atoms. The van der Waals surface area contributed by atoms with Crippen molar-refractivity contribution in [3.05, 3.63) is 0 Å². The van der Waals surface area contributed by atoms with Crippen molar-refractivity contribution in [1.82, 2.24) is 10.6 Å². The highest BCUT2D eigenvalue weighted by Gasteiger charge is 2.63. The molecule has 3 fully saturated rings. The lowest BCUT2D eigenvalue weighted by Crippen LogP contribution is -2.77. The van der Waals surface area contributed by atoms with Crippen molar-refractivity contribution in [2.45, 2.75) is 68.0 Å². The molecule has 2 heterocycles. The molecule has 0 radical (unpaired) electrons. The highest BCUT2D eigenvalue weighted by molar-refractivity contribution is 7.79. The lowest BCUT2D eigenvalue weighted by molar-refractivity contribution is -0.420. The monoisotopic (exact) mass is 502 g/mol. The average molecular weight is 502 g/mol. The highest BCUT2D eigenvalue weighted by atomic mass is 32.3. The van der Waals surface area contributed by atoms with E-state index in [1.807, 2.05) is 0 Å². The second-order valence-corrected chi connectivity index (χ2v) is 7.74. The van der Waals surface area contributed by atoms with Gasteiger partial charge in [0.1, 0.15) is 18.3 Å². The van der Waals surface area contributed by atoms with E-state index in [0.29, 0.717) is 0 Å². The van der Waals surface area contributed by atoms with Crippen LogP contribution in [0.25, 0.3) is 0 Å². The van der Waals surface area contributed by atoms with Crippen LogP contribution in [0.4, 0.5) is 0 Å². The van der Waals surface area contributed by atoms with Crippen LogP contribution in [0.2, 0.25) is 0 Å². The number of fused-ring (bicyclic) bond motifs is 2. The van der Waals surface area contributed by atoms with Gasteiger partial charge in [-0.05, 0) is 21.0 Å². The lowest BCUT2D eigenvalue weighted by atomic mass is 9.80. The molecule has 1 saturated carbocycles. The first-order valence-electron chi connectivity index (χ1n) is 8.48. The number of rotatable bonds is 2. The van der Waals surface area contributed by atoms with E-state index in [9.17, 15) is 20.1 Å². The Morgan fingerprint density at radius 2 is 1.41 bits per heavy atom. The number of likely N-dealkylation sites (N-methyl/N-ethyl adjacent to an activating group) is 2. The van der Waals surface area contributed by atoms with Crippen LogP contribution in [0.15, 0.2) is 0 Å². The summed E-state index contributed by atoms with van der Waals surface area (Å²) in [6, 6.07) is -1.29. The molecular formula is C14H34N2O15S. The van der Waals surface area contributed by atoms with E-state index in [1.54, 1.807) is 21.0 Å². The minimum atomic E-state index is -4.67. The number of ether oxygens (including phenoxy) is 3. The molecule has 0 amide bonds. The molecule has 0 aromatic rings. The topological polar surface area (TPSA) is 330 Å². The van der Waals surface area contributed by atoms with E-state index in [1.165, 1.54) is 0 Å². The van der Waals surface area contributed by atoms with Crippen LogP contribution in [0.3, 0.4) is 0 Å². The van der Waals surface area contributed by atoms with Gasteiger partial charge in [0.05, 0.1) is 24.3 Å². The Morgan fingerprint density at radius 3 is 1.84 bits per heavy atom. The van der Waals surface area contributed by atoms with Crippen LogP contribution < -0.4 is 10.6 Å². The van der Waals surface area contributed by atoms with Crippen LogP contribution in [0.1, 0.15) is 13.3 Å². The molecule has 2 aliphatic heterocycles. The largest absolute Gasteiger partial charge is 0.412 e. The molecule has 9 atom stereocenters. The van der Waals surface area contributed by atoms with E-state index in [4.69, 9.17) is 31.7 Å². The number of aliphatic hydroxyl groups is 3. The van der Waals surface area contributed by atoms with Crippen LogP contribution in [0.5, 0.6) is 0 Å². The van der Waals surface area contributed by atoms with Crippen LogP contribution >= 0.6 is 0 Å². The van der Waals surface area contributed by atoms with Gasteiger partial charge in [-0.2, -0.15) is 8.42 Å². The van der Waals surface area contributed by atoms with E-state index in [0.717, 1.165) is 0 Å². The zero-order chi connectivity index (χ0) is 21.4. The Morgan fingerprint density at radius 1 is 0.938 bits per heavy atom. The maximum absolute atomic E-state index is 12.2. The van der Waals surface area contributed by atoms with Gasteiger partial charge in [-0.15, -0.1) is 0 Å². The number of nitrogens with one attached hydrogen (secondary N) is 2. The Kier molecular flexibility index (Phi) is 14.6. The first-order valence-corrected chi connectivity index (χ1v) is 9.88. The summed E-state index contributed by atoms with van der Waals surface area (Å²) in [4.78, 5) is 12.2. The van der Waals surface area contributed by atoms with Crippen molar-refractivity contribution in [2.75, 3.05) is 14.1 Å². The Balaban J connectivity index is -0.000000849. The molecule has 17 nitrogen and oxygen atoms in total. The van der Waals surface area contributed by atoms with E-state index >= 15 is 0 Å². The SMILES string of the molecule is CN[C@@H]1[C@H](O)[C@H](NC)[C@H]2O[C@@]3(O)C(=O)C[C@@H](C)O[C@H]3O[C@@H]2[C@H]1O.O.O.O.O.O=S(=O)(O)O. The molecule has 196 valence electrons. The van der Waals surface area contributed by atoms with Crippen molar-refractivity contribution in [1.29, 1.82) is 0 Å². The Hall–Kier alpha value is -0.940. The summed E-state index contributed by atoms with van der Waals surface area (Å²) in [5, 5.41) is 37.2. The van der Waals surface area contributed by atoms with Gasteiger partial charge < -0.3 is 62.1 Å². The first kappa shape index (κ1) is 35.6. The highest BCUT2D eigenvalue weighted by Crippen LogP contribution is 2.40. The fourth-order valence-electron chi connectivity index (χ4n) is 3.68. The fourth-order valence-corrected chi connectivity index (χ4v) is 3.68. The minimum absolute atomic E-state index is 0. The van der Waals surface area contributed by atoms with Crippen molar-refractivity contribution in [3.63, 3.8) is 0 Å². The average Bonchev–Trinajstić information content (AvgIpc) is 2.55. The van der Waals surface area contributed by atoms with Crippen molar-refractivity contribution in [2.24, 2.45) is 0 Å². The summed E-state index contributed by atoms with van der Waals surface area (Å²) < 4.78 is 48.4. The third-order valence-corrected chi connectivity index (χ3v) is 4.93. The summed E-state index contributed by atoms with van der Waals surface area (Å²) in [5.41, 5.74) is 0. The number of ketones is 1. The lowest BCUT2D eigenvalue weighted by Gasteiger charge is -2.55. The van der Waals surface area contributed by atoms with Crippen LogP contribution in [-0.2, 0) is 29.4 Å². The third kappa shape index (κ3) is 7.28. The number of carbonyl (C=O) groups excluding carboxylic acids is 1. The normalized spacial score (nSPS) is 40.3. The van der Waals surface area contributed by atoms with Crippen LogP contribution in [-0.4, -0.2) is 129 Å². The van der Waals surface area contributed by atoms with E-state index in [2.05, 4.69) is 10.6 Å². The first-order chi connectivity index (χ1) is 12.8. The molecule has 0 aromatic heterocycles. The van der Waals surface area contributed by atoms with Crippen molar-refractivity contribution < 1.29 is 73.8 Å². The predicted octanol–water partition coefficient (Wildman–Crippen LogP) is -6.88. The zero-order valence-corrected chi connectivity index (χ0v) is 18.2. The van der Waals surface area contributed by atoms with Crippen LogP contribution in [0, 0.1) is 0 Å². The summed E-state index contributed by atoms with van der Waals surface area (Å²) in [6.07, 6.45) is -5.58.